The van der Waals surface area contributed by atoms with Gasteiger partial charge in [-0.3, -0.25) is 0 Å². The van der Waals surface area contributed by atoms with Gasteiger partial charge in [0.15, 0.2) is 17.5 Å². The summed E-state index contributed by atoms with van der Waals surface area (Å²) in [5.41, 5.74) is 20.7. The van der Waals surface area contributed by atoms with Gasteiger partial charge in [-0.05, 0) is 132 Å². The molecule has 0 radical (unpaired) electrons. The second-order valence-corrected chi connectivity index (χ2v) is 20.1. The summed E-state index contributed by atoms with van der Waals surface area (Å²) in [5, 5.41) is 14.5. The Morgan fingerprint density at radius 1 is 0.308 bits per heavy atom. The van der Waals surface area contributed by atoms with Gasteiger partial charge in [-0.2, -0.15) is 5.26 Å². The Balaban J connectivity index is 1.08. The monoisotopic (exact) mass is 996 g/mol. The molecule has 366 valence electrons. The van der Waals surface area contributed by atoms with E-state index < -0.39 is 0 Å². The van der Waals surface area contributed by atoms with Crippen LogP contribution >= 0.6 is 0 Å². The van der Waals surface area contributed by atoms with Gasteiger partial charge in [0.1, 0.15) is 0 Å². The summed E-state index contributed by atoms with van der Waals surface area (Å²) in [6.45, 7) is 4.29. The van der Waals surface area contributed by atoms with Crippen molar-refractivity contribution in [3.05, 3.63) is 271 Å². The van der Waals surface area contributed by atoms with E-state index in [4.69, 9.17) is 15.0 Å². The minimum atomic E-state index is 0.550. The van der Waals surface area contributed by atoms with Crippen molar-refractivity contribution >= 4 is 43.6 Å². The fraction of sp³-hybridized carbons (Fsp3) is 0.0278. The van der Waals surface area contributed by atoms with E-state index in [9.17, 15) is 5.26 Å². The maximum absolute atomic E-state index is 9.87. The molecule has 0 saturated heterocycles. The van der Waals surface area contributed by atoms with Gasteiger partial charge in [-0.25, -0.2) is 15.0 Å². The lowest BCUT2D eigenvalue weighted by atomic mass is 9.92. The van der Waals surface area contributed by atoms with Crippen LogP contribution in [0.25, 0.3) is 134 Å². The predicted molar refractivity (Wildman–Crippen MR) is 321 cm³/mol. The summed E-state index contributed by atoms with van der Waals surface area (Å²) < 4.78 is 4.82. The van der Waals surface area contributed by atoms with Crippen LogP contribution < -0.4 is 0 Å². The molecular formula is C72H48N6. The molecule has 0 aliphatic rings. The van der Waals surface area contributed by atoms with Crippen LogP contribution in [0.5, 0.6) is 0 Å². The number of benzene rings is 11. The van der Waals surface area contributed by atoms with Crippen LogP contribution in [-0.4, -0.2) is 24.1 Å². The van der Waals surface area contributed by atoms with Crippen molar-refractivity contribution < 1.29 is 0 Å². The van der Waals surface area contributed by atoms with E-state index in [1.54, 1.807) is 0 Å². The largest absolute Gasteiger partial charge is 0.309 e. The Kier molecular flexibility index (Phi) is 11.2. The molecular weight excluding hydrogens is 949 g/mol. The first-order chi connectivity index (χ1) is 38.4. The number of aryl methyl sites for hydroxylation is 2. The third-order valence-electron chi connectivity index (χ3n) is 15.1. The van der Waals surface area contributed by atoms with Gasteiger partial charge in [-0.1, -0.05) is 187 Å². The van der Waals surface area contributed by atoms with Crippen LogP contribution in [0.15, 0.2) is 255 Å². The van der Waals surface area contributed by atoms with Crippen molar-refractivity contribution in [2.45, 2.75) is 13.8 Å². The minimum Gasteiger partial charge on any atom is -0.309 e. The molecule has 0 N–H and O–H groups in total. The van der Waals surface area contributed by atoms with Gasteiger partial charge < -0.3 is 9.13 Å². The summed E-state index contributed by atoms with van der Waals surface area (Å²) in [7, 11) is 0. The molecule has 0 bridgehead atoms. The molecule has 6 heteroatoms. The smallest absolute Gasteiger partial charge is 0.164 e. The molecule has 11 aromatic carbocycles. The van der Waals surface area contributed by atoms with E-state index in [2.05, 4.69) is 223 Å². The number of nitrogens with zero attached hydrogens (tertiary/aromatic N) is 6. The van der Waals surface area contributed by atoms with E-state index >= 15 is 0 Å². The SMILES string of the molecule is Cc1cccc(-c2ccc3c(c2)c2ccccc2n3-c2ccc(-c3nc(-c4ccccc4)nc(-c4ccccc4)n3)c(-c3cc(-c4ccc(C#N)cc4)ccc3-n3c4ccccc4c4cc(-c5cccc(C)c5)ccc43)c2)c1. The van der Waals surface area contributed by atoms with Gasteiger partial charge in [0, 0.05) is 49.5 Å². The summed E-state index contributed by atoms with van der Waals surface area (Å²) in [5.74, 6) is 1.72. The molecule has 14 aromatic rings. The number of fused-ring (bicyclic) bond motifs is 6. The molecule has 6 nitrogen and oxygen atoms in total. The van der Waals surface area contributed by atoms with E-state index in [-0.39, 0.29) is 0 Å². The van der Waals surface area contributed by atoms with Gasteiger partial charge in [0.05, 0.1) is 39.4 Å². The summed E-state index contributed by atoms with van der Waals surface area (Å²) in [4.78, 5) is 15.9. The van der Waals surface area contributed by atoms with Crippen molar-refractivity contribution in [1.82, 2.24) is 24.1 Å². The molecule has 0 saturated carbocycles. The molecule has 78 heavy (non-hydrogen) atoms. The third-order valence-corrected chi connectivity index (χ3v) is 15.1. The molecule has 0 aliphatic carbocycles. The quantitative estimate of drug-likeness (QED) is 0.144. The maximum Gasteiger partial charge on any atom is 0.164 e. The Labute approximate surface area is 452 Å². The highest BCUT2D eigenvalue weighted by atomic mass is 15.0. The molecule has 14 rings (SSSR count). The highest BCUT2D eigenvalue weighted by Crippen LogP contribution is 2.44. The fourth-order valence-corrected chi connectivity index (χ4v) is 11.4. The standard InChI is InChI=1S/C72H48N6/c1-46-15-13-21-52(39-46)55-32-36-67-62(42-55)58-23-9-11-25-65(58)77(67)57-34-35-60(72-75-70(50-17-5-3-6-18-50)74-71(76-72)51-19-7-4-8-20-51)61(44-57)64-41-54(49-29-27-48(45-73)28-30-49)31-37-69(64)78-66-26-12-10-24-59(66)63-43-56(33-38-68(63)78)53-22-14-16-47(2)40-53/h3-44H,1-2H3. The number of rotatable bonds is 9. The maximum atomic E-state index is 9.87. The molecule has 0 unspecified atom stereocenters. The summed E-state index contributed by atoms with van der Waals surface area (Å²) in [6.07, 6.45) is 0. The van der Waals surface area contributed by atoms with Gasteiger partial charge >= 0.3 is 0 Å². The van der Waals surface area contributed by atoms with Crippen molar-refractivity contribution in [3.63, 3.8) is 0 Å². The van der Waals surface area contributed by atoms with Crippen LogP contribution in [0.4, 0.5) is 0 Å². The van der Waals surface area contributed by atoms with Crippen molar-refractivity contribution in [2.24, 2.45) is 0 Å². The highest BCUT2D eigenvalue weighted by Gasteiger charge is 2.24. The van der Waals surface area contributed by atoms with E-state index in [0.29, 0.717) is 23.0 Å². The second kappa shape index (κ2) is 19.0. The third kappa shape index (κ3) is 8.10. The Morgan fingerprint density at radius 3 is 1.35 bits per heavy atom. The van der Waals surface area contributed by atoms with E-state index in [0.717, 1.165) is 88.7 Å². The number of aromatic nitrogens is 5. The number of para-hydroxylation sites is 2. The normalized spacial score (nSPS) is 11.4. The molecule has 0 amide bonds. The van der Waals surface area contributed by atoms with Crippen LogP contribution in [0.2, 0.25) is 0 Å². The van der Waals surface area contributed by atoms with Gasteiger partial charge in [-0.15, -0.1) is 0 Å². The average molecular weight is 997 g/mol. The second-order valence-electron chi connectivity index (χ2n) is 20.1. The summed E-state index contributed by atoms with van der Waals surface area (Å²) in [6, 6.07) is 92.6. The topological polar surface area (TPSA) is 72.3 Å². The highest BCUT2D eigenvalue weighted by molar-refractivity contribution is 6.12. The lowest BCUT2D eigenvalue weighted by Gasteiger charge is -2.20. The van der Waals surface area contributed by atoms with Crippen LogP contribution in [0, 0.1) is 25.2 Å². The zero-order chi connectivity index (χ0) is 52.3. The first-order valence-corrected chi connectivity index (χ1v) is 26.3. The van der Waals surface area contributed by atoms with Gasteiger partial charge in [0.2, 0.25) is 0 Å². The Bertz CT molecular complexity index is 4640. The zero-order valence-electron chi connectivity index (χ0n) is 42.9. The first kappa shape index (κ1) is 46.1. The van der Waals surface area contributed by atoms with Gasteiger partial charge in [0.25, 0.3) is 0 Å². The molecule has 0 fully saturated rings. The van der Waals surface area contributed by atoms with Crippen LogP contribution in [0.3, 0.4) is 0 Å². The first-order valence-electron chi connectivity index (χ1n) is 26.3. The molecule has 0 aliphatic heterocycles. The lowest BCUT2D eigenvalue weighted by molar-refractivity contribution is 1.07. The van der Waals surface area contributed by atoms with Crippen molar-refractivity contribution in [1.29, 1.82) is 5.26 Å². The van der Waals surface area contributed by atoms with Crippen molar-refractivity contribution in [3.8, 4) is 96.1 Å². The predicted octanol–water partition coefficient (Wildman–Crippen LogP) is 18.2. The number of hydrogen-bond donors (Lipinski definition) is 0. The van der Waals surface area contributed by atoms with Crippen LogP contribution in [-0.2, 0) is 0 Å². The number of hydrogen-bond acceptors (Lipinski definition) is 4. The van der Waals surface area contributed by atoms with Crippen LogP contribution in [0.1, 0.15) is 16.7 Å². The molecule has 3 heterocycles. The molecule has 0 atom stereocenters. The molecule has 3 aromatic heterocycles. The summed E-state index contributed by atoms with van der Waals surface area (Å²) >= 11 is 0. The van der Waals surface area contributed by atoms with Crippen molar-refractivity contribution in [2.75, 3.05) is 0 Å². The molecule has 0 spiro atoms. The lowest BCUT2D eigenvalue weighted by Crippen LogP contribution is -2.04. The van der Waals surface area contributed by atoms with E-state index in [1.165, 1.54) is 38.6 Å². The Morgan fingerprint density at radius 2 is 0.769 bits per heavy atom. The zero-order valence-corrected chi connectivity index (χ0v) is 42.9. The fourth-order valence-electron chi connectivity index (χ4n) is 11.4. The number of nitriles is 1. The Hall–Kier alpha value is -10.5. The average Bonchev–Trinajstić information content (AvgIpc) is 4.24. The van der Waals surface area contributed by atoms with E-state index in [1.807, 2.05) is 60.7 Å². The minimum absolute atomic E-state index is 0.550.